The van der Waals surface area contributed by atoms with Crippen LogP contribution in [0.15, 0.2) is 0 Å². The fourth-order valence-electron chi connectivity index (χ4n) is 0.430. The van der Waals surface area contributed by atoms with Gasteiger partial charge in [0.1, 0.15) is 0 Å². The van der Waals surface area contributed by atoms with E-state index in [1.54, 1.807) is 0 Å². The van der Waals surface area contributed by atoms with Crippen molar-refractivity contribution in [3.63, 3.8) is 0 Å². The molecule has 19 heavy (non-hydrogen) atoms. The quantitative estimate of drug-likeness (QED) is 0.317. The first-order chi connectivity index (χ1) is 8.37. The average molecular weight is 356 g/mol. The second-order valence-corrected chi connectivity index (χ2v) is 3.40. The number of nitrogens with zero attached hydrogens (tertiary/aromatic N) is 2. The van der Waals surface area contributed by atoms with E-state index < -0.39 is 35.6 Å². The first-order valence-electron chi connectivity index (χ1n) is 4.06. The van der Waals surface area contributed by atoms with E-state index in [9.17, 15) is 14.4 Å². The van der Waals surface area contributed by atoms with Gasteiger partial charge in [0.15, 0.2) is 6.61 Å². The molecular formula is C8H8CuN2O6S2. The van der Waals surface area contributed by atoms with Crippen LogP contribution in [-0.4, -0.2) is 34.8 Å². The van der Waals surface area contributed by atoms with Gasteiger partial charge in [0.2, 0.25) is 11.0 Å². The average Bonchev–Trinajstić information content (AvgIpc) is 2.26. The Morgan fingerprint density at radius 1 is 1.16 bits per heavy atom. The van der Waals surface area contributed by atoms with Gasteiger partial charge in [-0.2, -0.15) is 10.3 Å². The van der Waals surface area contributed by atoms with E-state index in [0.29, 0.717) is 0 Å². The molecule has 0 aliphatic rings. The Bertz CT molecular complexity index is 415. The van der Waals surface area contributed by atoms with Gasteiger partial charge in [-0.15, -0.1) is 0 Å². The molecule has 0 saturated heterocycles. The molecule has 0 rings (SSSR count). The van der Waals surface area contributed by atoms with E-state index in [-0.39, 0.29) is 17.1 Å². The van der Waals surface area contributed by atoms with Gasteiger partial charge in [-0.25, -0.2) is 4.79 Å². The van der Waals surface area contributed by atoms with Gasteiger partial charge in [-0.05, 0) is 0 Å². The molecule has 0 aromatic heterocycles. The van der Waals surface area contributed by atoms with Crippen LogP contribution >= 0.6 is 23.3 Å². The van der Waals surface area contributed by atoms with Crippen LogP contribution in [0.2, 0.25) is 0 Å². The number of isothiocyanates is 2. The van der Waals surface area contributed by atoms with Crippen molar-refractivity contribution in [1.82, 2.24) is 0 Å². The van der Waals surface area contributed by atoms with Gasteiger partial charge in [0, 0.05) is 13.8 Å². The molecule has 0 heterocycles. The number of carbonyl (C=O) groups is 3. The summed E-state index contributed by atoms with van der Waals surface area (Å²) in [7, 11) is 0. The van der Waals surface area contributed by atoms with E-state index in [4.69, 9.17) is 10.8 Å². The second kappa shape index (κ2) is 14.7. The molecule has 0 N–H and O–H groups in total. The largest absolute Gasteiger partial charge is 2.00 e. The predicted molar refractivity (Wildman–Crippen MR) is 66.4 cm³/mol. The van der Waals surface area contributed by atoms with Crippen molar-refractivity contribution in [3.8, 4) is 0 Å². The zero-order valence-corrected chi connectivity index (χ0v) is 12.2. The van der Waals surface area contributed by atoms with Gasteiger partial charge in [-0.1, -0.05) is 12.2 Å². The van der Waals surface area contributed by atoms with Crippen molar-refractivity contribution in [2.45, 2.75) is 13.8 Å². The third-order valence-corrected chi connectivity index (χ3v) is 1.70. The summed E-state index contributed by atoms with van der Waals surface area (Å²) in [6.07, 6.45) is 0. The number of esters is 1. The second-order valence-electron chi connectivity index (χ2n) is 2.23. The molecule has 0 aromatic rings. The monoisotopic (exact) mass is 355 g/mol. The first kappa shape index (κ1) is 22.8. The van der Waals surface area contributed by atoms with E-state index in [2.05, 4.69) is 25.3 Å². The van der Waals surface area contributed by atoms with Gasteiger partial charge < -0.3 is 23.9 Å². The van der Waals surface area contributed by atoms with Gasteiger partial charge in [0.05, 0.1) is 0 Å². The third kappa shape index (κ3) is 19.2. The normalized spacial score (nSPS) is 8.95. The summed E-state index contributed by atoms with van der Waals surface area (Å²) in [4.78, 5) is 31.6. The number of ether oxygens (including phenoxy) is 1. The van der Waals surface area contributed by atoms with Crippen LogP contribution in [-0.2, 0) is 44.6 Å². The maximum Gasteiger partial charge on any atom is 2.00 e. The van der Waals surface area contributed by atoms with Crippen molar-refractivity contribution < 1.29 is 44.6 Å². The fraction of sp³-hybridized carbons (Fsp3) is 0.375. The molecule has 0 fully saturated rings. The van der Waals surface area contributed by atoms with Crippen molar-refractivity contribution >= 4 is 51.5 Å². The molecule has 0 amide bonds. The van der Waals surface area contributed by atoms with E-state index in [1.807, 2.05) is 0 Å². The Labute approximate surface area is 127 Å². The van der Waals surface area contributed by atoms with Crippen LogP contribution in [0.3, 0.4) is 0 Å². The first-order valence-corrected chi connectivity index (χ1v) is 5.54. The van der Waals surface area contributed by atoms with E-state index in [0.717, 1.165) is 13.8 Å². The molecule has 11 heteroatoms. The molecular weight excluding hydrogens is 348 g/mol. The molecule has 109 valence electrons. The van der Waals surface area contributed by atoms with Gasteiger partial charge in [-0.3, -0.25) is 9.59 Å². The molecule has 1 atom stereocenters. The number of rotatable bonds is 4. The van der Waals surface area contributed by atoms with Crippen LogP contribution in [0.25, 0.3) is 10.8 Å². The van der Waals surface area contributed by atoms with E-state index in [1.165, 1.54) is 10.3 Å². The van der Waals surface area contributed by atoms with Crippen LogP contribution in [0.5, 0.6) is 0 Å². The summed E-state index contributed by atoms with van der Waals surface area (Å²) in [5.74, 6) is -2.37. The molecule has 0 aliphatic carbocycles. The van der Waals surface area contributed by atoms with Gasteiger partial charge >= 0.3 is 35.0 Å². The van der Waals surface area contributed by atoms with Crippen molar-refractivity contribution in [1.29, 1.82) is 0 Å². The number of thiocarbonyl (C=S) groups is 1. The van der Waals surface area contributed by atoms with Crippen LogP contribution in [0.4, 0.5) is 0 Å². The summed E-state index contributed by atoms with van der Waals surface area (Å²) in [6.45, 7) is 1.56. The predicted octanol–water partition coefficient (Wildman–Crippen LogP) is 0.886. The summed E-state index contributed by atoms with van der Waals surface area (Å²) in [5.41, 5.74) is 0. The summed E-state index contributed by atoms with van der Waals surface area (Å²) >= 11 is 1.81. The van der Waals surface area contributed by atoms with Crippen LogP contribution < -0.4 is 0 Å². The Hall–Kier alpha value is -1.34. The van der Waals surface area contributed by atoms with Crippen molar-refractivity contribution in [2.75, 3.05) is 6.61 Å². The topological polar surface area (TPSA) is 124 Å². The van der Waals surface area contributed by atoms with Crippen LogP contribution in [0.1, 0.15) is 13.8 Å². The molecule has 8 nitrogen and oxygen atoms in total. The minimum absolute atomic E-state index is 0. The SMILES string of the molecule is CC(=O)OCC(=O)OS(=C=[N-])OC(C)=O.[Cu+2].[N-]=C=S. The molecule has 0 saturated carbocycles. The van der Waals surface area contributed by atoms with E-state index >= 15 is 0 Å². The molecule has 1 unspecified atom stereocenters. The molecule has 0 spiro atoms. The number of hydrogen-bond donors (Lipinski definition) is 0. The smallest absolute Gasteiger partial charge is 0.753 e. The number of carbonyl (C=O) groups excluding carboxylic acids is 3. The minimum Gasteiger partial charge on any atom is -0.753 e. The molecule has 0 aromatic carbocycles. The maximum atomic E-state index is 10.9. The number of hydrogen-bond acceptors (Lipinski definition) is 7. The summed E-state index contributed by atoms with van der Waals surface area (Å²) in [6, 6.07) is 0. The Kier molecular flexibility index (Phi) is 17.7. The van der Waals surface area contributed by atoms with Crippen LogP contribution in [0, 0.1) is 0 Å². The molecule has 0 aliphatic heterocycles. The summed E-state index contributed by atoms with van der Waals surface area (Å²) in [5, 5.41) is 18.3. The zero-order chi connectivity index (χ0) is 14.6. The zero-order valence-electron chi connectivity index (χ0n) is 9.67. The van der Waals surface area contributed by atoms with Gasteiger partial charge in [0.25, 0.3) is 0 Å². The Morgan fingerprint density at radius 2 is 1.63 bits per heavy atom. The van der Waals surface area contributed by atoms with Crippen molar-refractivity contribution in [3.05, 3.63) is 10.8 Å². The standard InChI is InChI=1S/C7H8NO6S.CNS.Cu/c1-5(9)12-3-7(11)14-15(4-8)13-6(2)10;2-1-3;/h3H2,1-2H3;;/q2*-1;+2. The fourth-order valence-corrected chi connectivity index (χ4v) is 0.969. The summed E-state index contributed by atoms with van der Waals surface area (Å²) < 4.78 is 13.0. The molecule has 1 radical (unpaired) electrons. The van der Waals surface area contributed by atoms with Crippen molar-refractivity contribution in [2.24, 2.45) is 0 Å². The third-order valence-electron chi connectivity index (χ3n) is 0.829. The molecule has 0 bridgehead atoms. The Morgan fingerprint density at radius 3 is 1.95 bits per heavy atom. The minimum atomic E-state index is -1.89. The Balaban J connectivity index is -0.000000580. The maximum absolute atomic E-state index is 10.9.